The van der Waals surface area contributed by atoms with Crippen molar-refractivity contribution in [2.24, 2.45) is 0 Å². The van der Waals surface area contributed by atoms with Crippen LogP contribution in [0.2, 0.25) is 0 Å². The lowest BCUT2D eigenvalue weighted by molar-refractivity contribution is -0.274. The van der Waals surface area contributed by atoms with Crippen molar-refractivity contribution in [1.29, 1.82) is 0 Å². The average Bonchev–Trinajstić information content (AvgIpc) is 3.21. The van der Waals surface area contributed by atoms with Crippen LogP contribution in [0.25, 0.3) is 4.96 Å². The lowest BCUT2D eigenvalue weighted by Gasteiger charge is -2.41. The second-order valence-electron chi connectivity index (χ2n) is 7.28. The number of aliphatic hydroxyl groups is 1. The number of nitrogens with zero attached hydrogens (tertiary/aromatic N) is 4. The molecule has 0 spiro atoms. The topological polar surface area (TPSA) is 163 Å². The van der Waals surface area contributed by atoms with E-state index >= 15 is 0 Å². The molecule has 1 aliphatic heterocycles. The lowest BCUT2D eigenvalue weighted by Crippen LogP contribution is -2.64. The second-order valence-corrected chi connectivity index (χ2v) is 10.1. The van der Waals surface area contributed by atoms with E-state index in [-0.39, 0.29) is 28.8 Å². The molecule has 0 bridgehead atoms. The largest absolute Gasteiger partial charge is 0.573 e. The molecule has 1 aliphatic rings. The van der Waals surface area contributed by atoms with Gasteiger partial charge in [0.25, 0.3) is 5.56 Å². The molecule has 1 aromatic carbocycles. The van der Waals surface area contributed by atoms with E-state index in [1.807, 2.05) is 0 Å². The molecule has 3 heterocycles. The van der Waals surface area contributed by atoms with Gasteiger partial charge in [-0.25, -0.2) is 17.7 Å². The zero-order chi connectivity index (χ0) is 25.6. The third kappa shape index (κ3) is 4.47. The van der Waals surface area contributed by atoms with Gasteiger partial charge in [0.1, 0.15) is 5.75 Å². The normalized spacial score (nSPS) is 19.7. The Bertz CT molecular complexity index is 1440. The fourth-order valence-electron chi connectivity index (χ4n) is 3.60. The standard InChI is InChI=1S/C18H16F3N5O7S2/c19-18(20,21)33-11-1-3-12(4-2-11)35(31,32)25-6-5-22-9-17(25,15(29)30)14-24-26-10(8-27)7-13(28)23-16(26)34-14/h1-4,7,22,27H,5-6,8-9H2,(H,29,30). The number of benzene rings is 1. The summed E-state index contributed by atoms with van der Waals surface area (Å²) >= 11 is 0.656. The Morgan fingerprint density at radius 1 is 1.29 bits per heavy atom. The Kier molecular flexibility index (Phi) is 6.30. The fraction of sp³-hybridized carbons (Fsp3) is 0.333. The summed E-state index contributed by atoms with van der Waals surface area (Å²) in [5, 5.41) is 26.5. The molecular weight excluding hydrogens is 519 g/mol. The second kappa shape index (κ2) is 8.83. The monoisotopic (exact) mass is 535 g/mol. The number of alkyl halides is 3. The van der Waals surface area contributed by atoms with Crippen LogP contribution >= 0.6 is 11.3 Å². The summed E-state index contributed by atoms with van der Waals surface area (Å²) in [6, 6.07) is 4.33. The number of halogens is 3. The maximum atomic E-state index is 13.5. The minimum atomic E-state index is -4.98. The van der Waals surface area contributed by atoms with E-state index < -0.39 is 57.2 Å². The van der Waals surface area contributed by atoms with Crippen molar-refractivity contribution < 1.29 is 41.3 Å². The number of nitrogens with one attached hydrogen (secondary N) is 1. The van der Waals surface area contributed by atoms with E-state index in [1.165, 1.54) is 0 Å². The van der Waals surface area contributed by atoms with Gasteiger partial charge >= 0.3 is 12.3 Å². The molecule has 0 radical (unpaired) electrons. The van der Waals surface area contributed by atoms with Gasteiger partial charge in [0.05, 0.1) is 17.2 Å². The maximum absolute atomic E-state index is 13.5. The Balaban J connectivity index is 1.84. The number of aromatic nitrogens is 3. The van der Waals surface area contributed by atoms with Crippen molar-refractivity contribution in [3.8, 4) is 5.75 Å². The molecule has 17 heteroatoms. The summed E-state index contributed by atoms with van der Waals surface area (Å²) in [6.45, 7) is -1.26. The van der Waals surface area contributed by atoms with Crippen LogP contribution in [0.4, 0.5) is 13.2 Å². The third-order valence-electron chi connectivity index (χ3n) is 5.14. The van der Waals surface area contributed by atoms with Crippen LogP contribution in [0.3, 0.4) is 0 Å². The molecule has 188 valence electrons. The first-order valence-electron chi connectivity index (χ1n) is 9.72. The minimum Gasteiger partial charge on any atom is -0.479 e. The summed E-state index contributed by atoms with van der Waals surface area (Å²) in [4.78, 5) is 27.6. The van der Waals surface area contributed by atoms with Crippen molar-refractivity contribution in [3.63, 3.8) is 0 Å². The van der Waals surface area contributed by atoms with Gasteiger partial charge in [0.2, 0.25) is 15.0 Å². The molecule has 1 unspecified atom stereocenters. The number of piperazine rings is 1. The summed E-state index contributed by atoms with van der Waals surface area (Å²) in [6.07, 6.45) is -4.98. The molecule has 3 aromatic rings. The van der Waals surface area contributed by atoms with E-state index in [0.29, 0.717) is 15.6 Å². The Morgan fingerprint density at radius 2 is 1.97 bits per heavy atom. The van der Waals surface area contributed by atoms with Crippen LogP contribution in [0.15, 0.2) is 40.0 Å². The molecule has 2 aromatic heterocycles. The number of carboxylic acid groups (broad SMARTS) is 1. The van der Waals surface area contributed by atoms with Gasteiger partial charge in [0, 0.05) is 25.7 Å². The highest BCUT2D eigenvalue weighted by Gasteiger charge is 2.55. The molecule has 4 rings (SSSR count). The first-order valence-corrected chi connectivity index (χ1v) is 12.0. The van der Waals surface area contributed by atoms with Gasteiger partial charge in [-0.3, -0.25) is 4.79 Å². The summed E-state index contributed by atoms with van der Waals surface area (Å²) in [5.41, 5.74) is -2.98. The molecule has 3 N–H and O–H groups in total. The predicted octanol–water partition coefficient (Wildman–Crippen LogP) is 0.116. The smallest absolute Gasteiger partial charge is 0.479 e. The molecule has 0 aliphatic carbocycles. The zero-order valence-electron chi connectivity index (χ0n) is 17.4. The molecule has 1 atom stereocenters. The highest BCUT2D eigenvalue weighted by molar-refractivity contribution is 7.89. The van der Waals surface area contributed by atoms with Crippen molar-refractivity contribution in [1.82, 2.24) is 24.2 Å². The fourth-order valence-corrected chi connectivity index (χ4v) is 6.48. The van der Waals surface area contributed by atoms with Crippen molar-refractivity contribution in [2.75, 3.05) is 19.6 Å². The van der Waals surface area contributed by atoms with Gasteiger partial charge < -0.3 is 20.3 Å². The molecule has 0 saturated carbocycles. The number of aliphatic carboxylic acids is 1. The van der Waals surface area contributed by atoms with E-state index in [4.69, 9.17) is 0 Å². The molecule has 12 nitrogen and oxygen atoms in total. The van der Waals surface area contributed by atoms with E-state index in [2.05, 4.69) is 20.1 Å². The number of carboxylic acids is 1. The number of carbonyl (C=O) groups is 1. The van der Waals surface area contributed by atoms with Crippen LogP contribution in [0.1, 0.15) is 10.7 Å². The van der Waals surface area contributed by atoms with Crippen molar-refractivity contribution in [2.45, 2.75) is 23.4 Å². The number of hydrogen-bond acceptors (Lipinski definition) is 10. The van der Waals surface area contributed by atoms with Gasteiger partial charge in [-0.15, -0.1) is 13.2 Å². The summed E-state index contributed by atoms with van der Waals surface area (Å²) in [7, 11) is -4.58. The van der Waals surface area contributed by atoms with E-state index in [9.17, 15) is 41.4 Å². The Labute approximate surface area is 198 Å². The number of hydrogen-bond donors (Lipinski definition) is 3. The van der Waals surface area contributed by atoms with E-state index in [0.717, 1.165) is 34.8 Å². The van der Waals surface area contributed by atoms with E-state index in [1.54, 1.807) is 0 Å². The van der Waals surface area contributed by atoms with Gasteiger partial charge in [-0.05, 0) is 24.3 Å². The summed E-state index contributed by atoms with van der Waals surface area (Å²) < 4.78 is 69.8. The van der Waals surface area contributed by atoms with Crippen LogP contribution < -0.4 is 15.6 Å². The zero-order valence-corrected chi connectivity index (χ0v) is 19.0. The van der Waals surface area contributed by atoms with Crippen LogP contribution in [0, 0.1) is 0 Å². The quantitative estimate of drug-likeness (QED) is 0.395. The minimum absolute atomic E-state index is 0.0152. The molecule has 0 amide bonds. The number of fused-ring (bicyclic) bond motifs is 1. The summed E-state index contributed by atoms with van der Waals surface area (Å²) in [5.74, 6) is -2.24. The van der Waals surface area contributed by atoms with Crippen molar-refractivity contribution >= 4 is 32.3 Å². The van der Waals surface area contributed by atoms with Gasteiger partial charge in [-0.2, -0.15) is 14.4 Å². The number of sulfonamides is 1. The average molecular weight is 535 g/mol. The van der Waals surface area contributed by atoms with Crippen LogP contribution in [-0.2, 0) is 27.0 Å². The number of rotatable bonds is 6. The highest BCUT2D eigenvalue weighted by atomic mass is 32.2. The Hall–Kier alpha value is -3.12. The molecule has 35 heavy (non-hydrogen) atoms. The maximum Gasteiger partial charge on any atom is 0.573 e. The van der Waals surface area contributed by atoms with Crippen molar-refractivity contribution in [3.05, 3.63) is 51.4 Å². The number of ether oxygens (including phenoxy) is 1. The Morgan fingerprint density at radius 3 is 2.57 bits per heavy atom. The van der Waals surface area contributed by atoms with Gasteiger partial charge in [-0.1, -0.05) is 11.3 Å². The molecule has 1 fully saturated rings. The van der Waals surface area contributed by atoms with Crippen LogP contribution in [0.5, 0.6) is 5.75 Å². The molecular formula is C18H16F3N5O7S2. The SMILES string of the molecule is O=C(O)C1(c2nn3c(CO)cc(=O)nc3s2)CNCCN1S(=O)(=O)c1ccc(OC(F)(F)F)cc1. The predicted molar refractivity (Wildman–Crippen MR) is 112 cm³/mol. The number of aliphatic hydroxyl groups excluding tert-OH is 1. The highest BCUT2D eigenvalue weighted by Crippen LogP contribution is 2.38. The first-order chi connectivity index (χ1) is 16.4. The first kappa shape index (κ1) is 25.0. The van der Waals surface area contributed by atoms with Gasteiger partial charge in [0.15, 0.2) is 10.5 Å². The third-order valence-corrected chi connectivity index (χ3v) is 8.14. The molecule has 1 saturated heterocycles. The lowest BCUT2D eigenvalue weighted by atomic mass is 9.98. The van der Waals surface area contributed by atoms with Crippen LogP contribution in [-0.4, -0.2) is 69.5 Å².